The Labute approximate surface area is 27.7 Å². The Morgan fingerprint density at radius 2 is 2.25 bits per heavy atom. The van der Waals surface area contributed by atoms with Crippen LogP contribution in [0.1, 0.15) is 0 Å². The summed E-state index contributed by atoms with van der Waals surface area (Å²) < 4.78 is 0. The molecule has 0 heterocycles. The molecule has 0 aliphatic carbocycles. The molecule has 0 aliphatic rings. The summed E-state index contributed by atoms with van der Waals surface area (Å²) in [6, 6.07) is 0. The number of carbonyl (C=O) groups excluding carboxylic acids is 1. The molecule has 0 atom stereocenters. The molecule has 1 amide bonds. The number of nitrogens with one attached hydrogen (secondary N) is 1. The van der Waals surface area contributed by atoms with Crippen LogP contribution in [0.25, 0.3) is 0 Å². The van der Waals surface area contributed by atoms with E-state index in [2.05, 4.69) is 4.98 Å². The third kappa shape index (κ3) is 1.69. The molecule has 0 bridgehead atoms. The molecule has 0 aromatic heterocycles. The molecule has 3 heteroatoms. The molecule has 0 unspecified atom stereocenters. The van der Waals surface area contributed by atoms with Gasteiger partial charge < -0.3 is 4.98 Å². The fourth-order valence-corrected chi connectivity index (χ4v) is 0. The van der Waals surface area contributed by atoms with Crippen molar-refractivity contribution < 1.29 is 4.79 Å². The number of amides is 1. The molecular weight excluding hydrogens is 70.1 g/mol. The predicted molar refractivity (Wildman–Crippen MR) is 19.1 cm³/mol. The van der Waals surface area contributed by atoms with Gasteiger partial charge >= 0.3 is 0 Å². The van der Waals surface area contributed by atoms with Crippen LogP contribution in [0.15, 0.2) is 0 Å². The van der Waals surface area contributed by atoms with Gasteiger partial charge in [0.05, 0.1) is 0 Å². The van der Waals surface area contributed by atoms with E-state index in [-0.39, 0.29) is 0 Å². The Kier molecular flexibility index (Phi) is 2.48. The highest BCUT2D eigenvalue weighted by molar-refractivity contribution is 6.10. The highest BCUT2D eigenvalue weighted by atomic mass is 28.2. The number of hydrogen-bond donors (Lipinski definition) is 1. The summed E-state index contributed by atoms with van der Waals surface area (Å²) in [5, 5.41) is 0. The number of carbonyl (C=O) groups is 1. The van der Waals surface area contributed by atoms with Gasteiger partial charge in [-0.25, -0.2) is 0 Å². The monoisotopic (exact) mass is 75.0 g/mol. The second-order valence-corrected chi connectivity index (χ2v) is 0.984. The van der Waals surface area contributed by atoms with Crippen LogP contribution in [-0.4, -0.2) is 16.8 Å². The van der Waals surface area contributed by atoms with Gasteiger partial charge in [-0.2, -0.15) is 0 Å². The van der Waals surface area contributed by atoms with Gasteiger partial charge in [-0.15, -0.1) is 0 Å². The molecule has 2 nitrogen and oxygen atoms in total. The Bertz CT molecular complexity index is 22.0. The molecule has 0 aromatic rings. The lowest BCUT2D eigenvalue weighted by Crippen LogP contribution is -2.01. The first-order chi connectivity index (χ1) is 1.91. The van der Waals surface area contributed by atoms with E-state index in [1.807, 2.05) is 0 Å². The Morgan fingerprint density at radius 3 is 2.25 bits per heavy atom. The Balaban J connectivity index is 2.30. The third-order valence-corrected chi connectivity index (χ3v) is 0.354. The zero-order valence-electron chi connectivity index (χ0n) is 2.49. The normalized spacial score (nSPS) is 6.00. The van der Waals surface area contributed by atoms with E-state index in [4.69, 9.17) is 4.79 Å². The van der Waals surface area contributed by atoms with Crippen molar-refractivity contribution in [3.8, 4) is 0 Å². The van der Waals surface area contributed by atoms with Crippen LogP contribution < -0.4 is 4.98 Å². The molecule has 0 fully saturated rings. The molecule has 0 aliphatic heterocycles. The molecule has 0 saturated heterocycles. The minimum absolute atomic E-state index is 0.687. The van der Waals surface area contributed by atoms with E-state index in [0.717, 1.165) is 10.4 Å². The molecule has 0 aromatic carbocycles. The Morgan fingerprint density at radius 1 is 2.00 bits per heavy atom. The first-order valence-corrected chi connectivity index (χ1v) is 2.02. The van der Waals surface area contributed by atoms with Crippen LogP contribution in [0.4, 0.5) is 0 Å². The second-order valence-electron chi connectivity index (χ2n) is 0.407. The van der Waals surface area contributed by atoms with E-state index < -0.39 is 0 Å². The van der Waals surface area contributed by atoms with Crippen molar-refractivity contribution in [1.82, 2.24) is 4.98 Å². The number of rotatable bonds is 1. The van der Waals surface area contributed by atoms with Gasteiger partial charge in [0.1, 0.15) is 10.4 Å². The van der Waals surface area contributed by atoms with Crippen molar-refractivity contribution in [1.29, 1.82) is 0 Å². The minimum atomic E-state index is 0.687. The predicted octanol–water partition coefficient (Wildman–Crippen LogP) is -1.99. The van der Waals surface area contributed by atoms with Crippen molar-refractivity contribution >= 4 is 16.8 Å². The largest absolute Gasteiger partial charge is 0.393 e. The second kappa shape index (κ2) is 2.69. The first kappa shape index (κ1) is 3.69. The van der Waals surface area contributed by atoms with Crippen molar-refractivity contribution in [3.63, 3.8) is 0 Å². The van der Waals surface area contributed by atoms with Crippen LogP contribution >= 0.6 is 0 Å². The van der Waals surface area contributed by atoms with Crippen molar-refractivity contribution in [3.05, 3.63) is 0 Å². The number of hydrogen-bond acceptors (Lipinski definition) is 1. The van der Waals surface area contributed by atoms with Gasteiger partial charge in [-0.1, -0.05) is 0 Å². The summed E-state index contributed by atoms with van der Waals surface area (Å²) in [7, 11) is 0.772. The zero-order chi connectivity index (χ0) is 3.41. The van der Waals surface area contributed by atoms with E-state index in [0.29, 0.717) is 6.41 Å². The Hall–Kier alpha value is -0.313. The standard InChI is InChI=1S/CH5NOSi/c3-1-2-4/h1H,4H3,(H,2,3). The first-order valence-electron chi connectivity index (χ1n) is 1.02. The van der Waals surface area contributed by atoms with E-state index >= 15 is 0 Å². The van der Waals surface area contributed by atoms with Gasteiger partial charge in [0.2, 0.25) is 0 Å². The van der Waals surface area contributed by atoms with E-state index in [1.54, 1.807) is 0 Å². The zero-order valence-corrected chi connectivity index (χ0v) is 4.49. The molecule has 24 valence electrons. The quantitative estimate of drug-likeness (QED) is 0.284. The molecule has 0 spiro atoms. The summed E-state index contributed by atoms with van der Waals surface area (Å²) >= 11 is 0. The molecule has 0 radical (unpaired) electrons. The smallest absolute Gasteiger partial charge is 0.198 e. The summed E-state index contributed by atoms with van der Waals surface area (Å²) in [4.78, 5) is 11.5. The van der Waals surface area contributed by atoms with Gasteiger partial charge in [0.25, 0.3) is 0 Å². The van der Waals surface area contributed by atoms with Gasteiger partial charge in [-0.3, -0.25) is 4.79 Å². The van der Waals surface area contributed by atoms with Crippen LogP contribution in [0, 0.1) is 0 Å². The maximum absolute atomic E-state index is 9.10. The lowest BCUT2D eigenvalue weighted by atomic mass is 11.5. The lowest BCUT2D eigenvalue weighted by Gasteiger charge is -1.64. The lowest BCUT2D eigenvalue weighted by molar-refractivity contribution is -0.108. The van der Waals surface area contributed by atoms with Crippen molar-refractivity contribution in [2.75, 3.05) is 0 Å². The minimum Gasteiger partial charge on any atom is -0.393 e. The van der Waals surface area contributed by atoms with E-state index in [9.17, 15) is 0 Å². The summed E-state index contributed by atoms with van der Waals surface area (Å²) in [6.07, 6.45) is 0.687. The SMILES string of the molecule is O=CN[SiH3]. The van der Waals surface area contributed by atoms with Crippen LogP contribution in [-0.2, 0) is 4.79 Å². The van der Waals surface area contributed by atoms with Gasteiger partial charge in [0, 0.05) is 0 Å². The molecule has 0 saturated carbocycles. The van der Waals surface area contributed by atoms with Gasteiger partial charge in [-0.05, 0) is 0 Å². The summed E-state index contributed by atoms with van der Waals surface area (Å²) in [5.74, 6) is 0. The topological polar surface area (TPSA) is 29.1 Å². The highest BCUT2D eigenvalue weighted by Gasteiger charge is 1.43. The van der Waals surface area contributed by atoms with Crippen molar-refractivity contribution in [2.24, 2.45) is 0 Å². The fraction of sp³-hybridized carbons (Fsp3) is 0. The van der Waals surface area contributed by atoms with Gasteiger partial charge in [0.15, 0.2) is 6.41 Å². The average Bonchev–Trinajstić information content (AvgIpc) is 1.37. The van der Waals surface area contributed by atoms with Crippen LogP contribution in [0.5, 0.6) is 0 Å². The van der Waals surface area contributed by atoms with Crippen LogP contribution in [0.3, 0.4) is 0 Å². The maximum atomic E-state index is 9.10. The maximum Gasteiger partial charge on any atom is 0.198 e. The molecule has 1 N–H and O–H groups in total. The van der Waals surface area contributed by atoms with Crippen LogP contribution in [0.2, 0.25) is 0 Å². The molecule has 0 rings (SSSR count). The average molecular weight is 75.1 g/mol. The summed E-state index contributed by atoms with van der Waals surface area (Å²) in [6.45, 7) is 0. The molecule has 4 heavy (non-hydrogen) atoms. The summed E-state index contributed by atoms with van der Waals surface area (Å²) in [5.41, 5.74) is 0. The highest BCUT2D eigenvalue weighted by Crippen LogP contribution is 1.06. The fourth-order valence-electron chi connectivity index (χ4n) is 0. The van der Waals surface area contributed by atoms with Crippen molar-refractivity contribution in [2.45, 2.75) is 0 Å². The van der Waals surface area contributed by atoms with E-state index in [1.165, 1.54) is 0 Å². The molecular formula is CH5NOSi. The third-order valence-electron chi connectivity index (χ3n) is 0.118.